The summed E-state index contributed by atoms with van der Waals surface area (Å²) in [4.78, 5) is 15.2. The van der Waals surface area contributed by atoms with E-state index in [9.17, 15) is 4.79 Å². The van der Waals surface area contributed by atoms with Gasteiger partial charge in [-0.3, -0.25) is 0 Å². The number of hydrogen-bond acceptors (Lipinski definition) is 4. The fourth-order valence-corrected chi connectivity index (χ4v) is 2.30. The topological polar surface area (TPSA) is 76.2 Å². The van der Waals surface area contributed by atoms with Gasteiger partial charge in [-0.2, -0.15) is 0 Å². The van der Waals surface area contributed by atoms with Crippen LogP contribution >= 0.6 is 11.3 Å². The molecule has 0 aliphatic rings. The molecule has 4 nitrogen and oxygen atoms in total. The van der Waals surface area contributed by atoms with E-state index in [-0.39, 0.29) is 5.56 Å². The first-order valence-electron chi connectivity index (χ1n) is 4.81. The lowest BCUT2D eigenvalue weighted by Gasteiger charge is -2.13. The Morgan fingerprint density at radius 2 is 2.19 bits per heavy atom. The van der Waals surface area contributed by atoms with Crippen LogP contribution in [0, 0.1) is 0 Å². The standard InChI is InChI=1S/C11H12N2O2S/c1-11(2,12)10-13-7-5-6(9(14)15)3-4-8(7)16-10/h3-5H,12H2,1-2H3,(H,14,15). The van der Waals surface area contributed by atoms with Gasteiger partial charge in [-0.25, -0.2) is 9.78 Å². The average Bonchev–Trinajstić information content (AvgIpc) is 2.58. The van der Waals surface area contributed by atoms with E-state index in [0.29, 0.717) is 5.52 Å². The molecule has 5 heteroatoms. The van der Waals surface area contributed by atoms with Crippen molar-refractivity contribution in [1.29, 1.82) is 0 Å². The predicted octanol–water partition coefficient (Wildman–Crippen LogP) is 2.19. The maximum atomic E-state index is 10.8. The van der Waals surface area contributed by atoms with Gasteiger partial charge in [-0.05, 0) is 32.0 Å². The van der Waals surface area contributed by atoms with Crippen LogP contribution in [0.15, 0.2) is 18.2 Å². The van der Waals surface area contributed by atoms with E-state index in [1.54, 1.807) is 18.2 Å². The molecule has 84 valence electrons. The van der Waals surface area contributed by atoms with Gasteiger partial charge in [0.05, 0.1) is 21.3 Å². The van der Waals surface area contributed by atoms with Gasteiger partial charge in [0.2, 0.25) is 0 Å². The Morgan fingerprint density at radius 3 is 2.75 bits per heavy atom. The van der Waals surface area contributed by atoms with Gasteiger partial charge in [-0.1, -0.05) is 0 Å². The van der Waals surface area contributed by atoms with Crippen LogP contribution in [-0.2, 0) is 5.54 Å². The van der Waals surface area contributed by atoms with E-state index in [0.717, 1.165) is 9.71 Å². The van der Waals surface area contributed by atoms with Crippen molar-refractivity contribution in [2.45, 2.75) is 19.4 Å². The summed E-state index contributed by atoms with van der Waals surface area (Å²) in [5, 5.41) is 9.67. The highest BCUT2D eigenvalue weighted by atomic mass is 32.1. The van der Waals surface area contributed by atoms with Crippen LogP contribution in [0.5, 0.6) is 0 Å². The Hall–Kier alpha value is -1.46. The molecule has 0 aliphatic carbocycles. The van der Waals surface area contributed by atoms with Crippen molar-refractivity contribution in [2.24, 2.45) is 5.73 Å². The van der Waals surface area contributed by atoms with Crippen LogP contribution in [-0.4, -0.2) is 16.1 Å². The summed E-state index contributed by atoms with van der Waals surface area (Å²) in [6.07, 6.45) is 0. The van der Waals surface area contributed by atoms with E-state index in [4.69, 9.17) is 10.8 Å². The Kier molecular flexibility index (Phi) is 2.44. The van der Waals surface area contributed by atoms with Crippen LogP contribution in [0.4, 0.5) is 0 Å². The number of thiazole rings is 1. The van der Waals surface area contributed by atoms with E-state index in [1.165, 1.54) is 11.3 Å². The normalized spacial score (nSPS) is 11.9. The van der Waals surface area contributed by atoms with Gasteiger partial charge in [0, 0.05) is 0 Å². The molecule has 0 radical (unpaired) electrons. The number of nitrogens with zero attached hydrogens (tertiary/aromatic N) is 1. The fourth-order valence-electron chi connectivity index (χ4n) is 1.34. The summed E-state index contributed by atoms with van der Waals surface area (Å²) >= 11 is 1.50. The maximum absolute atomic E-state index is 10.8. The van der Waals surface area contributed by atoms with E-state index in [2.05, 4.69) is 4.98 Å². The number of hydrogen-bond donors (Lipinski definition) is 2. The van der Waals surface area contributed by atoms with Crippen LogP contribution in [0.1, 0.15) is 29.2 Å². The molecule has 0 atom stereocenters. The molecule has 0 spiro atoms. The number of carboxylic acids is 1. The zero-order valence-corrected chi connectivity index (χ0v) is 9.84. The summed E-state index contributed by atoms with van der Waals surface area (Å²) < 4.78 is 0.957. The molecule has 1 aromatic carbocycles. The maximum Gasteiger partial charge on any atom is 0.335 e. The first kappa shape index (κ1) is 11.0. The molecule has 16 heavy (non-hydrogen) atoms. The second kappa shape index (κ2) is 3.54. The minimum absolute atomic E-state index is 0.249. The number of carbonyl (C=O) groups is 1. The van der Waals surface area contributed by atoms with Crippen molar-refractivity contribution in [2.75, 3.05) is 0 Å². The van der Waals surface area contributed by atoms with Gasteiger partial charge in [0.1, 0.15) is 5.01 Å². The van der Waals surface area contributed by atoms with E-state index in [1.807, 2.05) is 13.8 Å². The SMILES string of the molecule is CC(C)(N)c1nc2cc(C(=O)O)ccc2s1. The van der Waals surface area contributed by atoms with Crippen molar-refractivity contribution in [1.82, 2.24) is 4.98 Å². The lowest BCUT2D eigenvalue weighted by atomic mass is 10.1. The highest BCUT2D eigenvalue weighted by molar-refractivity contribution is 7.18. The van der Waals surface area contributed by atoms with E-state index < -0.39 is 11.5 Å². The second-order valence-electron chi connectivity index (χ2n) is 4.23. The molecule has 1 aromatic heterocycles. The summed E-state index contributed by atoms with van der Waals surface area (Å²) in [5.74, 6) is -0.941. The number of aromatic nitrogens is 1. The fraction of sp³-hybridized carbons (Fsp3) is 0.273. The highest BCUT2D eigenvalue weighted by Gasteiger charge is 2.19. The molecule has 0 bridgehead atoms. The van der Waals surface area contributed by atoms with Gasteiger partial charge >= 0.3 is 5.97 Å². The minimum atomic E-state index is -0.941. The van der Waals surface area contributed by atoms with Crippen molar-refractivity contribution >= 4 is 27.5 Å². The first-order chi connectivity index (χ1) is 7.38. The molecular formula is C11H12N2O2S. The minimum Gasteiger partial charge on any atom is -0.478 e. The van der Waals surface area contributed by atoms with Crippen LogP contribution in [0.3, 0.4) is 0 Å². The summed E-state index contributed by atoms with van der Waals surface area (Å²) in [6.45, 7) is 3.76. The number of aromatic carboxylic acids is 1. The smallest absolute Gasteiger partial charge is 0.335 e. The third-order valence-corrected chi connectivity index (χ3v) is 3.56. The first-order valence-corrected chi connectivity index (χ1v) is 5.63. The summed E-state index contributed by atoms with van der Waals surface area (Å²) in [7, 11) is 0. The summed E-state index contributed by atoms with van der Waals surface area (Å²) in [5.41, 5.74) is 6.40. The van der Waals surface area contributed by atoms with Gasteiger partial charge in [0.15, 0.2) is 0 Å². The zero-order chi connectivity index (χ0) is 11.9. The van der Waals surface area contributed by atoms with Crippen LogP contribution < -0.4 is 5.73 Å². The molecule has 3 N–H and O–H groups in total. The molecule has 2 rings (SSSR count). The Labute approximate surface area is 96.7 Å². The van der Waals surface area contributed by atoms with Gasteiger partial charge < -0.3 is 10.8 Å². The molecule has 0 aliphatic heterocycles. The van der Waals surface area contributed by atoms with Crippen LogP contribution in [0.2, 0.25) is 0 Å². The van der Waals surface area contributed by atoms with Crippen molar-refractivity contribution in [3.05, 3.63) is 28.8 Å². The number of fused-ring (bicyclic) bond motifs is 1. The van der Waals surface area contributed by atoms with Crippen LogP contribution in [0.25, 0.3) is 10.2 Å². The zero-order valence-electron chi connectivity index (χ0n) is 9.02. The highest BCUT2D eigenvalue weighted by Crippen LogP contribution is 2.28. The lowest BCUT2D eigenvalue weighted by molar-refractivity contribution is 0.0697. The van der Waals surface area contributed by atoms with Crippen molar-refractivity contribution < 1.29 is 9.90 Å². The lowest BCUT2D eigenvalue weighted by Crippen LogP contribution is -2.28. The van der Waals surface area contributed by atoms with E-state index >= 15 is 0 Å². The second-order valence-corrected chi connectivity index (χ2v) is 5.26. The monoisotopic (exact) mass is 236 g/mol. The molecule has 2 aromatic rings. The quantitative estimate of drug-likeness (QED) is 0.838. The third-order valence-electron chi connectivity index (χ3n) is 2.19. The number of nitrogens with two attached hydrogens (primary N) is 1. The molecule has 0 unspecified atom stereocenters. The number of rotatable bonds is 2. The van der Waals surface area contributed by atoms with Gasteiger partial charge in [0.25, 0.3) is 0 Å². The molecule has 0 saturated heterocycles. The van der Waals surface area contributed by atoms with Gasteiger partial charge in [-0.15, -0.1) is 11.3 Å². The number of carboxylic acid groups (broad SMARTS) is 1. The average molecular weight is 236 g/mol. The Bertz CT molecular complexity index is 555. The molecule has 0 amide bonds. The van der Waals surface area contributed by atoms with Crippen molar-refractivity contribution in [3.8, 4) is 0 Å². The third kappa shape index (κ3) is 1.91. The largest absolute Gasteiger partial charge is 0.478 e. The summed E-state index contributed by atoms with van der Waals surface area (Å²) in [6, 6.07) is 4.92. The molecule has 0 fully saturated rings. The molecule has 0 saturated carbocycles. The Balaban J connectivity index is 2.59. The Morgan fingerprint density at radius 1 is 1.50 bits per heavy atom. The molecule has 1 heterocycles. The predicted molar refractivity (Wildman–Crippen MR) is 63.8 cm³/mol. The molecular weight excluding hydrogens is 224 g/mol. The number of benzene rings is 1. The van der Waals surface area contributed by atoms with Crippen molar-refractivity contribution in [3.63, 3.8) is 0 Å².